The maximum absolute atomic E-state index is 11.6. The van der Waals surface area contributed by atoms with Gasteiger partial charge in [-0.25, -0.2) is 0 Å². The molecule has 0 aromatic rings. The van der Waals surface area contributed by atoms with Gasteiger partial charge in [0.15, 0.2) is 0 Å². The predicted octanol–water partition coefficient (Wildman–Crippen LogP) is 7.53. The molecule has 0 heterocycles. The molecule has 4 fully saturated rings. The second-order valence-corrected chi connectivity index (χ2v) is 14.8. The van der Waals surface area contributed by atoms with Crippen molar-refractivity contribution in [3.63, 3.8) is 0 Å². The number of hydrogen-bond acceptors (Lipinski definition) is 3. The average molecular weight is 526 g/mol. The average Bonchev–Trinajstić information content (AvgIpc) is 3.07. The van der Waals surface area contributed by atoms with Crippen molar-refractivity contribution in [2.45, 2.75) is 129 Å². The molecule has 0 saturated heterocycles. The Kier molecular flexibility index (Phi) is 7.41. The summed E-state index contributed by atoms with van der Waals surface area (Å²) in [6.45, 7) is 13.8. The summed E-state index contributed by atoms with van der Waals surface area (Å²) in [5.74, 6) is 4.31. The molecular formula is C29H49BrO3. The van der Waals surface area contributed by atoms with Gasteiger partial charge >= 0.3 is 5.97 Å². The molecule has 0 radical (unpaired) electrons. The van der Waals surface area contributed by atoms with Crippen molar-refractivity contribution in [1.29, 1.82) is 0 Å². The van der Waals surface area contributed by atoms with Gasteiger partial charge in [-0.1, -0.05) is 69.8 Å². The summed E-state index contributed by atoms with van der Waals surface area (Å²) in [6, 6.07) is 0. The van der Waals surface area contributed by atoms with Crippen LogP contribution >= 0.6 is 15.9 Å². The minimum Gasteiger partial charge on any atom is -0.463 e. The Morgan fingerprint density at radius 3 is 2.45 bits per heavy atom. The molecule has 0 bridgehead atoms. The van der Waals surface area contributed by atoms with Crippen LogP contribution in [0.1, 0.15) is 112 Å². The highest BCUT2D eigenvalue weighted by molar-refractivity contribution is 9.10. The van der Waals surface area contributed by atoms with E-state index in [-0.39, 0.29) is 27.9 Å². The molecule has 4 aliphatic rings. The summed E-state index contributed by atoms with van der Waals surface area (Å²) in [4.78, 5) is 11.6. The van der Waals surface area contributed by atoms with E-state index in [1.165, 1.54) is 51.9 Å². The topological polar surface area (TPSA) is 46.5 Å². The van der Waals surface area contributed by atoms with Gasteiger partial charge in [-0.3, -0.25) is 4.79 Å². The van der Waals surface area contributed by atoms with E-state index in [1.807, 2.05) is 0 Å². The quantitative estimate of drug-likeness (QED) is 0.288. The second-order valence-electron chi connectivity index (χ2n) is 13.4. The smallest absolute Gasteiger partial charge is 0.302 e. The molecule has 4 heteroatoms. The van der Waals surface area contributed by atoms with Gasteiger partial charge in [0, 0.05) is 13.3 Å². The molecule has 0 aromatic heterocycles. The number of rotatable bonds is 6. The number of esters is 1. The van der Waals surface area contributed by atoms with Crippen LogP contribution in [0.5, 0.6) is 0 Å². The summed E-state index contributed by atoms with van der Waals surface area (Å²) in [6.07, 6.45) is 12.6. The zero-order chi connectivity index (χ0) is 24.2. The first-order valence-corrected chi connectivity index (χ1v) is 14.8. The number of fused-ring (bicyclic) bond motifs is 5. The Labute approximate surface area is 211 Å². The van der Waals surface area contributed by atoms with E-state index < -0.39 is 0 Å². The highest BCUT2D eigenvalue weighted by Crippen LogP contribution is 2.70. The number of aliphatic hydroxyl groups excluding tert-OH is 1. The lowest BCUT2D eigenvalue weighted by Crippen LogP contribution is -2.66. The van der Waals surface area contributed by atoms with Gasteiger partial charge in [-0.15, -0.1) is 0 Å². The normalized spacial score (nSPS) is 48.0. The zero-order valence-electron chi connectivity index (χ0n) is 22.0. The van der Waals surface area contributed by atoms with Gasteiger partial charge in [0.1, 0.15) is 6.10 Å². The molecule has 0 aromatic carbocycles. The summed E-state index contributed by atoms with van der Waals surface area (Å²) in [7, 11) is 0. The van der Waals surface area contributed by atoms with E-state index in [0.29, 0.717) is 17.3 Å². The van der Waals surface area contributed by atoms with E-state index in [1.54, 1.807) is 0 Å². The van der Waals surface area contributed by atoms with Gasteiger partial charge in [-0.05, 0) is 91.3 Å². The lowest BCUT2D eigenvalue weighted by atomic mass is 9.43. The molecule has 0 spiro atoms. The molecule has 4 saturated carbocycles. The third-order valence-corrected chi connectivity index (χ3v) is 13.0. The van der Waals surface area contributed by atoms with Crippen LogP contribution in [0.25, 0.3) is 0 Å². The standard InChI is InChI=1S/C29H49BrO3/c1-18(2)8-7-9-19(3)23-10-11-24-22-16-26(32)29(30)17-21(33-20(4)31)12-15-28(29,6)25(22)13-14-27(23,24)5/h18-19,21-26,32H,7-17H2,1-6H3/t19-,21-,22+,23-,24-,25-,26+,27+,28-,29+/m1/s1. The highest BCUT2D eigenvalue weighted by atomic mass is 79.9. The number of halogens is 1. The van der Waals surface area contributed by atoms with Crippen LogP contribution in [0.2, 0.25) is 0 Å². The molecule has 10 atom stereocenters. The number of carbonyl (C=O) groups is 1. The molecule has 1 N–H and O–H groups in total. The molecule has 190 valence electrons. The van der Waals surface area contributed by atoms with Crippen molar-refractivity contribution in [3.05, 3.63) is 0 Å². The van der Waals surface area contributed by atoms with E-state index in [9.17, 15) is 9.90 Å². The lowest BCUT2D eigenvalue weighted by molar-refractivity contribution is -0.170. The minimum atomic E-state index is -0.369. The zero-order valence-corrected chi connectivity index (χ0v) is 23.6. The fourth-order valence-corrected chi connectivity index (χ4v) is 10.6. The van der Waals surface area contributed by atoms with Crippen LogP contribution < -0.4 is 0 Å². The monoisotopic (exact) mass is 524 g/mol. The number of carbonyl (C=O) groups excluding carboxylic acids is 1. The van der Waals surface area contributed by atoms with Crippen molar-refractivity contribution in [3.8, 4) is 0 Å². The maximum Gasteiger partial charge on any atom is 0.302 e. The first-order chi connectivity index (χ1) is 15.4. The number of alkyl halides is 1. The summed E-state index contributed by atoms with van der Waals surface area (Å²) in [5, 5.41) is 11.6. The number of aliphatic hydroxyl groups is 1. The Bertz CT molecular complexity index is 724. The van der Waals surface area contributed by atoms with Crippen LogP contribution in [-0.4, -0.2) is 27.6 Å². The first kappa shape index (κ1) is 26.0. The van der Waals surface area contributed by atoms with Crippen LogP contribution in [0.15, 0.2) is 0 Å². The molecule has 4 aliphatic carbocycles. The van der Waals surface area contributed by atoms with Gasteiger partial charge in [-0.2, -0.15) is 0 Å². The van der Waals surface area contributed by atoms with Crippen LogP contribution in [0.4, 0.5) is 0 Å². The van der Waals surface area contributed by atoms with E-state index >= 15 is 0 Å². The molecular weight excluding hydrogens is 476 g/mol. The fraction of sp³-hybridized carbons (Fsp3) is 0.966. The summed E-state index contributed by atoms with van der Waals surface area (Å²) < 4.78 is 5.29. The van der Waals surface area contributed by atoms with Gasteiger partial charge in [0.25, 0.3) is 0 Å². The van der Waals surface area contributed by atoms with Crippen molar-refractivity contribution in [1.82, 2.24) is 0 Å². The third-order valence-electron chi connectivity index (χ3n) is 11.3. The largest absolute Gasteiger partial charge is 0.463 e. The van der Waals surface area contributed by atoms with Crippen LogP contribution in [0.3, 0.4) is 0 Å². The number of hydrogen-bond donors (Lipinski definition) is 1. The first-order valence-electron chi connectivity index (χ1n) is 14.0. The second kappa shape index (κ2) is 9.41. The fourth-order valence-electron chi connectivity index (χ4n) is 9.56. The third kappa shape index (κ3) is 4.36. The summed E-state index contributed by atoms with van der Waals surface area (Å²) in [5.41, 5.74) is 0.504. The van der Waals surface area contributed by atoms with Gasteiger partial charge in [0.2, 0.25) is 0 Å². The molecule has 3 nitrogen and oxygen atoms in total. The van der Waals surface area contributed by atoms with Gasteiger partial charge < -0.3 is 9.84 Å². The maximum atomic E-state index is 11.6. The van der Waals surface area contributed by atoms with Crippen LogP contribution in [0, 0.1) is 46.3 Å². The Morgan fingerprint density at radius 2 is 1.79 bits per heavy atom. The van der Waals surface area contributed by atoms with E-state index in [2.05, 4.69) is 50.5 Å². The molecule has 0 amide bonds. The van der Waals surface area contributed by atoms with Gasteiger partial charge in [0.05, 0.1) is 10.4 Å². The lowest BCUT2D eigenvalue weighted by Gasteiger charge is -2.65. The summed E-state index contributed by atoms with van der Waals surface area (Å²) >= 11 is 4.11. The molecule has 0 unspecified atom stereocenters. The van der Waals surface area contributed by atoms with Crippen molar-refractivity contribution in [2.75, 3.05) is 0 Å². The van der Waals surface area contributed by atoms with E-state index in [0.717, 1.165) is 49.4 Å². The highest BCUT2D eigenvalue weighted by Gasteiger charge is 2.67. The Morgan fingerprint density at radius 1 is 1.06 bits per heavy atom. The van der Waals surface area contributed by atoms with Crippen molar-refractivity contribution >= 4 is 21.9 Å². The SMILES string of the molecule is CC(=O)O[C@@H]1CC[C@]2(C)[C@@H]3CC[C@]4(C)[C@H](CC[C@@H]4[C@H](C)CCCC(C)C)[C@@H]3C[C@H](O)[C@@]2(Br)C1. The Balaban J connectivity index is 1.51. The molecule has 0 aliphatic heterocycles. The Hall–Kier alpha value is -0.0900. The molecule has 33 heavy (non-hydrogen) atoms. The predicted molar refractivity (Wildman–Crippen MR) is 138 cm³/mol. The van der Waals surface area contributed by atoms with E-state index in [4.69, 9.17) is 4.74 Å². The van der Waals surface area contributed by atoms with Crippen LogP contribution in [-0.2, 0) is 9.53 Å². The van der Waals surface area contributed by atoms with Crippen molar-refractivity contribution < 1.29 is 14.6 Å². The molecule has 4 rings (SSSR count). The van der Waals surface area contributed by atoms with Crippen molar-refractivity contribution in [2.24, 2.45) is 46.3 Å². The number of ether oxygens (including phenoxy) is 1. The minimum absolute atomic E-state index is 0.0638.